The minimum Gasteiger partial charge on any atom is -0.473 e. The third-order valence-electron chi connectivity index (χ3n) is 5.03. The molecule has 144 valence electrons. The molecule has 0 atom stereocenters. The van der Waals surface area contributed by atoms with E-state index in [0.29, 0.717) is 34.7 Å². The molecule has 0 fully saturated rings. The first-order valence-corrected chi connectivity index (χ1v) is 9.84. The Morgan fingerprint density at radius 3 is 2.59 bits per heavy atom. The lowest BCUT2D eigenvalue weighted by Gasteiger charge is -2.31. The maximum Gasteiger partial charge on any atom is 0.336 e. The molecule has 2 heterocycles. The van der Waals surface area contributed by atoms with Crippen molar-refractivity contribution in [3.05, 3.63) is 92.8 Å². The van der Waals surface area contributed by atoms with Gasteiger partial charge in [-0.05, 0) is 41.5 Å². The second-order valence-corrected chi connectivity index (χ2v) is 7.67. The molecule has 0 saturated carbocycles. The highest BCUT2D eigenvalue weighted by molar-refractivity contribution is 6.35. The summed E-state index contributed by atoms with van der Waals surface area (Å²) in [5, 5.41) is 2.02. The number of rotatable bonds is 2. The minimum absolute atomic E-state index is 0.321. The predicted octanol–water partition coefficient (Wildman–Crippen LogP) is 6.12. The maximum atomic E-state index is 12.4. The first-order valence-electron chi connectivity index (χ1n) is 9.08. The summed E-state index contributed by atoms with van der Waals surface area (Å²) in [6.07, 6.45) is 0. The van der Waals surface area contributed by atoms with E-state index in [1.54, 1.807) is 18.2 Å². The molecule has 6 heteroatoms. The van der Waals surface area contributed by atoms with Crippen LogP contribution in [-0.4, -0.2) is 6.73 Å². The zero-order valence-electron chi connectivity index (χ0n) is 15.2. The molecule has 1 aromatic heterocycles. The van der Waals surface area contributed by atoms with Crippen LogP contribution >= 0.6 is 23.2 Å². The van der Waals surface area contributed by atoms with Crippen LogP contribution in [0, 0.1) is 0 Å². The van der Waals surface area contributed by atoms with E-state index in [0.717, 1.165) is 27.8 Å². The van der Waals surface area contributed by atoms with Crippen molar-refractivity contribution in [2.45, 2.75) is 6.54 Å². The molecule has 1 aliphatic heterocycles. The Morgan fingerprint density at radius 2 is 1.76 bits per heavy atom. The number of halogens is 2. The summed E-state index contributed by atoms with van der Waals surface area (Å²) in [7, 11) is 0. The second-order valence-electron chi connectivity index (χ2n) is 6.83. The topological polar surface area (TPSA) is 42.7 Å². The van der Waals surface area contributed by atoms with Crippen LogP contribution in [0.3, 0.4) is 0 Å². The zero-order valence-corrected chi connectivity index (χ0v) is 16.7. The van der Waals surface area contributed by atoms with E-state index in [-0.39, 0.29) is 0 Å². The van der Waals surface area contributed by atoms with Gasteiger partial charge in [0.2, 0.25) is 0 Å². The molecular weight excluding hydrogens is 409 g/mol. The van der Waals surface area contributed by atoms with Gasteiger partial charge >= 0.3 is 5.63 Å². The molecule has 4 nitrogen and oxygen atoms in total. The van der Waals surface area contributed by atoms with Gasteiger partial charge in [0.1, 0.15) is 11.3 Å². The van der Waals surface area contributed by atoms with Gasteiger partial charge < -0.3 is 14.1 Å². The van der Waals surface area contributed by atoms with E-state index < -0.39 is 5.63 Å². The van der Waals surface area contributed by atoms with E-state index in [4.69, 9.17) is 32.4 Å². The van der Waals surface area contributed by atoms with Gasteiger partial charge in [0.15, 0.2) is 6.73 Å². The highest BCUT2D eigenvalue weighted by atomic mass is 35.5. The number of hydrogen-bond donors (Lipinski definition) is 0. The Labute approximate surface area is 176 Å². The molecule has 1 aliphatic rings. The van der Waals surface area contributed by atoms with E-state index in [9.17, 15) is 4.79 Å². The Kier molecular flexibility index (Phi) is 4.46. The van der Waals surface area contributed by atoms with Crippen molar-refractivity contribution in [1.82, 2.24) is 0 Å². The van der Waals surface area contributed by atoms with Crippen LogP contribution in [0.1, 0.15) is 5.56 Å². The van der Waals surface area contributed by atoms with Crippen molar-refractivity contribution in [1.29, 1.82) is 0 Å². The number of anilines is 1. The lowest BCUT2D eigenvalue weighted by molar-refractivity contribution is 0.289. The summed E-state index contributed by atoms with van der Waals surface area (Å²) in [6, 6.07) is 20.5. The van der Waals surface area contributed by atoms with Crippen molar-refractivity contribution in [2.24, 2.45) is 0 Å². The van der Waals surface area contributed by atoms with Crippen LogP contribution < -0.4 is 15.3 Å². The van der Waals surface area contributed by atoms with Crippen LogP contribution in [0.4, 0.5) is 5.69 Å². The zero-order chi connectivity index (χ0) is 20.0. The number of ether oxygens (including phenoxy) is 1. The number of hydrogen-bond acceptors (Lipinski definition) is 4. The van der Waals surface area contributed by atoms with Crippen LogP contribution in [-0.2, 0) is 6.54 Å². The van der Waals surface area contributed by atoms with Gasteiger partial charge in [-0.2, -0.15) is 0 Å². The van der Waals surface area contributed by atoms with Crippen molar-refractivity contribution >= 4 is 39.9 Å². The Balaban J connectivity index is 1.67. The fourth-order valence-electron chi connectivity index (χ4n) is 3.67. The quantitative estimate of drug-likeness (QED) is 0.364. The third kappa shape index (κ3) is 3.24. The SMILES string of the molecule is O=c1cc(-c2ccccc2)c2ccc3c(c2o1)CN(c1cc(Cl)ccc1Cl)CO3. The molecule has 3 aromatic carbocycles. The monoisotopic (exact) mass is 423 g/mol. The summed E-state index contributed by atoms with van der Waals surface area (Å²) in [5.74, 6) is 0.695. The lowest BCUT2D eigenvalue weighted by atomic mass is 9.99. The van der Waals surface area contributed by atoms with Crippen molar-refractivity contribution < 1.29 is 9.15 Å². The van der Waals surface area contributed by atoms with E-state index in [1.807, 2.05) is 47.4 Å². The van der Waals surface area contributed by atoms with Gasteiger partial charge in [0, 0.05) is 16.5 Å². The summed E-state index contributed by atoms with van der Waals surface area (Å²) < 4.78 is 11.6. The molecule has 0 unspecified atom stereocenters. The van der Waals surface area contributed by atoms with Gasteiger partial charge in [0.05, 0.1) is 22.8 Å². The summed E-state index contributed by atoms with van der Waals surface area (Å²) in [4.78, 5) is 14.3. The van der Waals surface area contributed by atoms with E-state index in [2.05, 4.69) is 0 Å². The number of nitrogens with zero attached hydrogens (tertiary/aromatic N) is 1. The predicted molar refractivity (Wildman–Crippen MR) is 116 cm³/mol. The van der Waals surface area contributed by atoms with Gasteiger partial charge in [-0.3, -0.25) is 0 Å². The summed E-state index contributed by atoms with van der Waals surface area (Å²) in [6.45, 7) is 0.801. The summed E-state index contributed by atoms with van der Waals surface area (Å²) >= 11 is 12.5. The highest BCUT2D eigenvalue weighted by Gasteiger charge is 2.24. The molecule has 0 spiro atoms. The van der Waals surface area contributed by atoms with Gasteiger partial charge in [-0.1, -0.05) is 53.5 Å². The molecular formula is C23H15Cl2NO3. The average molecular weight is 424 g/mol. The third-order valence-corrected chi connectivity index (χ3v) is 5.59. The summed E-state index contributed by atoms with van der Waals surface area (Å²) in [5.41, 5.74) is 3.48. The molecule has 4 aromatic rings. The fraction of sp³-hybridized carbons (Fsp3) is 0.0870. The molecule has 29 heavy (non-hydrogen) atoms. The lowest BCUT2D eigenvalue weighted by Crippen LogP contribution is -2.32. The normalized spacial score (nSPS) is 13.2. The largest absolute Gasteiger partial charge is 0.473 e. The first kappa shape index (κ1) is 18.1. The Bertz CT molecular complexity index is 1280. The molecule has 0 saturated heterocycles. The smallest absolute Gasteiger partial charge is 0.336 e. The molecule has 0 amide bonds. The Morgan fingerprint density at radius 1 is 0.931 bits per heavy atom. The number of fused-ring (bicyclic) bond motifs is 3. The van der Waals surface area contributed by atoms with Crippen molar-refractivity contribution in [2.75, 3.05) is 11.6 Å². The van der Waals surface area contributed by atoms with Crippen LogP contribution in [0.5, 0.6) is 5.75 Å². The molecule has 0 aliphatic carbocycles. The van der Waals surface area contributed by atoms with Crippen LogP contribution in [0.15, 0.2) is 75.9 Å². The highest BCUT2D eigenvalue weighted by Crippen LogP contribution is 2.39. The van der Waals surface area contributed by atoms with E-state index in [1.165, 1.54) is 6.07 Å². The molecule has 5 rings (SSSR count). The van der Waals surface area contributed by atoms with Gasteiger partial charge in [-0.25, -0.2) is 4.79 Å². The van der Waals surface area contributed by atoms with Crippen LogP contribution in [0.2, 0.25) is 10.0 Å². The van der Waals surface area contributed by atoms with Gasteiger partial charge in [-0.15, -0.1) is 0 Å². The molecule has 0 radical (unpaired) electrons. The fourth-order valence-corrected chi connectivity index (χ4v) is 4.08. The van der Waals surface area contributed by atoms with Crippen molar-refractivity contribution in [3.63, 3.8) is 0 Å². The maximum absolute atomic E-state index is 12.4. The van der Waals surface area contributed by atoms with Crippen molar-refractivity contribution in [3.8, 4) is 16.9 Å². The first-order chi connectivity index (χ1) is 14.1. The standard InChI is InChI=1S/C23H15Cl2NO3/c24-15-6-8-19(25)20(10-15)26-12-18-21(28-13-26)9-7-16-17(11-22(27)29-23(16)18)14-4-2-1-3-5-14/h1-11H,12-13H2. The molecule has 0 bridgehead atoms. The molecule has 0 N–H and O–H groups in total. The Hall–Kier alpha value is -2.95. The van der Waals surface area contributed by atoms with E-state index >= 15 is 0 Å². The van der Waals surface area contributed by atoms with Gasteiger partial charge in [0.25, 0.3) is 0 Å². The average Bonchev–Trinajstić information content (AvgIpc) is 2.75. The second kappa shape index (κ2) is 7.14. The minimum atomic E-state index is -0.400. The number of benzene rings is 3. The van der Waals surface area contributed by atoms with Crippen LogP contribution in [0.25, 0.3) is 22.1 Å².